The zero-order valence-electron chi connectivity index (χ0n) is 46.9. The average Bonchev–Trinajstić information content (AvgIpc) is 3.94. The van der Waals surface area contributed by atoms with Crippen LogP contribution in [0.2, 0.25) is 0 Å². The first-order valence-electron chi connectivity index (χ1n) is 26.4. The molecule has 0 bridgehead atoms. The Hall–Kier alpha value is -6.53. The van der Waals surface area contributed by atoms with E-state index in [1.807, 2.05) is 72.9 Å². The van der Waals surface area contributed by atoms with E-state index >= 15 is 0 Å². The van der Waals surface area contributed by atoms with E-state index < -0.39 is 6.85 Å². The molecule has 0 spiro atoms. The van der Waals surface area contributed by atoms with E-state index in [1.165, 1.54) is 27.8 Å². The van der Waals surface area contributed by atoms with Gasteiger partial charge >= 0.3 is 0 Å². The Kier molecular flexibility index (Phi) is 13.4. The van der Waals surface area contributed by atoms with Gasteiger partial charge in [-0.3, -0.25) is 15.0 Å². The van der Waals surface area contributed by atoms with Crippen LogP contribution >= 0.6 is 0 Å². The van der Waals surface area contributed by atoms with Crippen LogP contribution in [0.5, 0.6) is 0 Å². The molecule has 0 amide bonds. The van der Waals surface area contributed by atoms with Gasteiger partial charge in [-0.05, 0) is 111 Å². The number of aromatic nitrogens is 5. The van der Waals surface area contributed by atoms with E-state index in [1.54, 1.807) is 6.07 Å². The van der Waals surface area contributed by atoms with Crippen LogP contribution < -0.4 is 0 Å². The topological polar surface area (TPSA) is 69.6 Å². The van der Waals surface area contributed by atoms with Crippen LogP contribution in [0.15, 0.2) is 144 Å². The first-order valence-corrected chi connectivity index (χ1v) is 24.9. The van der Waals surface area contributed by atoms with E-state index in [0.717, 1.165) is 50.6 Å². The molecule has 0 fully saturated rings. The van der Waals surface area contributed by atoms with Crippen molar-refractivity contribution in [2.45, 2.75) is 125 Å². The maximum atomic E-state index is 8.62. The van der Waals surface area contributed by atoms with Gasteiger partial charge in [0.25, 0.3) is 0 Å². The minimum atomic E-state index is -2.42. The van der Waals surface area contributed by atoms with Crippen LogP contribution in [0.1, 0.15) is 139 Å². The van der Waals surface area contributed by atoms with Gasteiger partial charge in [0.15, 0.2) is 0 Å². The first-order chi connectivity index (χ1) is 34.9. The number of nitrogens with zero attached hydrogens (tertiary/aromatic N) is 5. The van der Waals surface area contributed by atoms with E-state index in [9.17, 15) is 0 Å². The normalized spacial score (nSPS) is 13.0. The van der Waals surface area contributed by atoms with E-state index in [-0.39, 0.29) is 53.7 Å². The number of aryl methyl sites for hydroxylation is 1. The average molecular weight is 1130 g/mol. The fraction of sp³-hybridized carbons (Fsp3) is 0.292. The molecule has 369 valence electrons. The van der Waals surface area contributed by atoms with Crippen LogP contribution in [0.3, 0.4) is 0 Å². The van der Waals surface area contributed by atoms with Gasteiger partial charge < -0.3 is 8.98 Å². The summed E-state index contributed by atoms with van der Waals surface area (Å²) in [5.41, 5.74) is 15.2. The second kappa shape index (κ2) is 20.2. The summed E-state index contributed by atoms with van der Waals surface area (Å²) in [6, 6.07) is 51.8. The molecule has 0 N–H and O–H groups in total. The zero-order chi connectivity index (χ0) is 53.1. The number of furan rings is 1. The molecule has 0 atom stereocenters. The summed E-state index contributed by atoms with van der Waals surface area (Å²) in [6.07, 6.45) is 1.81. The molecule has 1 radical (unpaired) electrons. The van der Waals surface area contributed by atoms with Crippen molar-refractivity contribution in [1.29, 1.82) is 0 Å². The van der Waals surface area contributed by atoms with Gasteiger partial charge in [-0.15, -0.1) is 53.6 Å². The van der Waals surface area contributed by atoms with Gasteiger partial charge in [0.1, 0.15) is 0 Å². The van der Waals surface area contributed by atoms with Crippen molar-refractivity contribution in [3.63, 3.8) is 0 Å². The number of pyridine rings is 1. The summed E-state index contributed by atoms with van der Waals surface area (Å²) in [5.74, 6) is 1.73. The summed E-state index contributed by atoms with van der Waals surface area (Å²) >= 11 is 0. The Labute approximate surface area is 445 Å². The van der Waals surface area contributed by atoms with Crippen LogP contribution in [0.25, 0.3) is 83.9 Å². The first kappa shape index (κ1) is 47.8. The standard InChI is InChI=1S/C51H52N3O.C14H15N2.Ir/c1-30(2)40-27-34(33-17-13-12-14-18-33)28-41(31(3)4)46(40)54-44-20-16-15-19-43(44)52-48(54)39-22-21-32(5)45-38-23-24-42(53-49(38)55-47(39)45)35-25-36(50(6,7)8)29-37(26-35)51(9,10)11;1-14(2,3)12-9-10-15-13(16-12)11-7-5-4-6-8-11;/h12-21,23-31H,1-11H3;4-7,9-10H,1-3H3;/q2*-1;/i5D3;;. The number of hydrogen-bond donors (Lipinski definition) is 0. The minimum absolute atomic E-state index is 0. The summed E-state index contributed by atoms with van der Waals surface area (Å²) in [7, 11) is 0. The molecule has 6 nitrogen and oxygen atoms in total. The van der Waals surface area contributed by atoms with Gasteiger partial charge in [0.2, 0.25) is 5.71 Å². The summed E-state index contributed by atoms with van der Waals surface area (Å²) in [6.45, 7) is 26.3. The quantitative estimate of drug-likeness (QED) is 0.149. The molecule has 72 heavy (non-hydrogen) atoms. The number of para-hydroxylation sites is 2. The third kappa shape index (κ3) is 10.4. The number of rotatable bonds is 7. The van der Waals surface area contributed by atoms with Crippen molar-refractivity contribution < 1.29 is 28.6 Å². The fourth-order valence-electron chi connectivity index (χ4n) is 9.15. The molecule has 10 aromatic rings. The second-order valence-electron chi connectivity index (χ2n) is 22.5. The van der Waals surface area contributed by atoms with Gasteiger partial charge in [-0.25, -0.2) is 4.98 Å². The molecular weight excluding hydrogens is 1060 g/mol. The molecule has 4 aromatic heterocycles. The van der Waals surface area contributed by atoms with Crippen molar-refractivity contribution in [2.24, 2.45) is 0 Å². The molecule has 0 saturated heterocycles. The minimum Gasteiger partial charge on any atom is -0.486 e. The molecule has 0 aliphatic carbocycles. The van der Waals surface area contributed by atoms with Crippen molar-refractivity contribution in [3.05, 3.63) is 185 Å². The van der Waals surface area contributed by atoms with Crippen molar-refractivity contribution >= 4 is 33.1 Å². The summed E-state index contributed by atoms with van der Waals surface area (Å²) in [5, 5.41) is 1.15. The predicted octanol–water partition coefficient (Wildman–Crippen LogP) is 17.5. The zero-order valence-corrected chi connectivity index (χ0v) is 46.3. The van der Waals surface area contributed by atoms with Crippen molar-refractivity contribution in [2.75, 3.05) is 0 Å². The number of benzene rings is 6. The Morgan fingerprint density at radius 1 is 0.625 bits per heavy atom. The molecule has 4 heterocycles. The van der Waals surface area contributed by atoms with Crippen LogP contribution in [-0.4, -0.2) is 24.5 Å². The molecule has 0 saturated carbocycles. The van der Waals surface area contributed by atoms with Crippen LogP contribution in [-0.2, 0) is 36.4 Å². The molecule has 0 unspecified atom stereocenters. The molecule has 6 aromatic carbocycles. The van der Waals surface area contributed by atoms with Gasteiger partial charge in [-0.1, -0.05) is 156 Å². The molecule has 0 aliphatic heterocycles. The Morgan fingerprint density at radius 2 is 1.28 bits per heavy atom. The molecule has 10 rings (SSSR count). The predicted molar refractivity (Wildman–Crippen MR) is 297 cm³/mol. The largest absolute Gasteiger partial charge is 0.486 e. The van der Waals surface area contributed by atoms with E-state index in [0.29, 0.717) is 33.5 Å². The Balaban J connectivity index is 0.000000375. The number of fused-ring (bicyclic) bond motifs is 4. The monoisotopic (exact) mass is 1130 g/mol. The Bertz CT molecular complexity index is 3600. The third-order valence-electron chi connectivity index (χ3n) is 13.3. The van der Waals surface area contributed by atoms with Gasteiger partial charge in [-0.2, -0.15) is 0 Å². The van der Waals surface area contributed by atoms with Gasteiger partial charge in [0, 0.05) is 58.2 Å². The van der Waals surface area contributed by atoms with Crippen molar-refractivity contribution in [3.8, 4) is 50.8 Å². The maximum Gasteiger partial charge on any atom is 0.216 e. The van der Waals surface area contributed by atoms with Gasteiger partial charge in [0.05, 0.1) is 34.0 Å². The SMILES string of the molecule is CC(C)(C)c1ccnc(-c2[c-]cccc2)n1.[2H]C([2H])([2H])c1c[c-]c(-c2nc3ccccc3n2-c2c(C(C)C)cc(-c3ccccc3)cc2C(C)C)c2oc3nc(-c4cc(C(C)(C)C)cc(C(C)(C)C)c4)ccc3c12.[Ir]. The molecular formula is C65H67IrN5O-2. The molecule has 7 heteroatoms. The molecule has 0 aliphatic rings. The smallest absolute Gasteiger partial charge is 0.216 e. The number of hydrogen-bond acceptors (Lipinski definition) is 5. The maximum absolute atomic E-state index is 8.62. The third-order valence-corrected chi connectivity index (χ3v) is 13.3. The van der Waals surface area contributed by atoms with E-state index in [4.69, 9.17) is 18.5 Å². The van der Waals surface area contributed by atoms with Crippen molar-refractivity contribution in [1.82, 2.24) is 24.5 Å². The Morgan fingerprint density at radius 3 is 1.89 bits per heavy atom. The van der Waals surface area contributed by atoms with E-state index in [2.05, 4.69) is 177 Å². The summed E-state index contributed by atoms with van der Waals surface area (Å²) < 4.78 is 34.9. The number of imidazole rings is 1. The van der Waals surface area contributed by atoms with Crippen LogP contribution in [0.4, 0.5) is 0 Å². The second-order valence-corrected chi connectivity index (χ2v) is 22.5. The summed E-state index contributed by atoms with van der Waals surface area (Å²) in [4.78, 5) is 19.3. The van der Waals surface area contributed by atoms with Crippen LogP contribution in [0, 0.1) is 19.0 Å². The fourth-order valence-corrected chi connectivity index (χ4v) is 9.15.